The first-order chi connectivity index (χ1) is 10.6. The van der Waals surface area contributed by atoms with E-state index in [1.165, 1.54) is 6.26 Å². The Kier molecular flexibility index (Phi) is 4.15. The number of carbonyl (C=O) groups excluding carboxylic acids is 1. The van der Waals surface area contributed by atoms with Gasteiger partial charge in [-0.05, 0) is 24.6 Å². The number of benzene rings is 1. The van der Waals surface area contributed by atoms with Gasteiger partial charge in [-0.15, -0.1) is 0 Å². The molecule has 1 aromatic heterocycles. The van der Waals surface area contributed by atoms with Crippen LogP contribution >= 0.6 is 11.6 Å². The average molecular weight is 320 g/mol. The standard InChI is InChI=1S/C16H14ClNO4/c1-10-2-3-11-7-12(15(17)18-13(11)6-10)8-22-16(19)14-9-20-4-5-21-14/h2-3,6-7,9H,4-5,8H2,1H3. The molecule has 2 heterocycles. The van der Waals surface area contributed by atoms with Crippen molar-refractivity contribution in [2.24, 2.45) is 0 Å². The maximum absolute atomic E-state index is 11.8. The molecule has 0 fully saturated rings. The molecule has 0 N–H and O–H groups in total. The van der Waals surface area contributed by atoms with Crippen molar-refractivity contribution in [1.29, 1.82) is 0 Å². The van der Waals surface area contributed by atoms with Crippen LogP contribution in [0.3, 0.4) is 0 Å². The summed E-state index contributed by atoms with van der Waals surface area (Å²) >= 11 is 6.15. The summed E-state index contributed by atoms with van der Waals surface area (Å²) < 4.78 is 15.4. The van der Waals surface area contributed by atoms with Gasteiger partial charge in [0.2, 0.25) is 5.76 Å². The SMILES string of the molecule is Cc1ccc2cc(COC(=O)C3=COCCO3)c(Cl)nc2c1. The smallest absolute Gasteiger partial charge is 0.377 e. The van der Waals surface area contributed by atoms with Gasteiger partial charge in [0, 0.05) is 10.9 Å². The van der Waals surface area contributed by atoms with E-state index in [0.717, 1.165) is 16.5 Å². The van der Waals surface area contributed by atoms with Gasteiger partial charge >= 0.3 is 5.97 Å². The van der Waals surface area contributed by atoms with E-state index < -0.39 is 5.97 Å². The Bertz CT molecular complexity index is 757. The van der Waals surface area contributed by atoms with E-state index in [1.54, 1.807) is 0 Å². The molecule has 1 aliphatic heterocycles. The molecule has 0 unspecified atom stereocenters. The molecule has 114 valence electrons. The van der Waals surface area contributed by atoms with Crippen LogP contribution in [0.5, 0.6) is 0 Å². The third-order valence-electron chi connectivity index (χ3n) is 3.21. The van der Waals surface area contributed by atoms with E-state index in [0.29, 0.717) is 23.9 Å². The Morgan fingerprint density at radius 3 is 3.00 bits per heavy atom. The Morgan fingerprint density at radius 2 is 2.23 bits per heavy atom. The highest BCUT2D eigenvalue weighted by Gasteiger charge is 2.17. The second kappa shape index (κ2) is 6.23. The molecule has 0 amide bonds. The summed E-state index contributed by atoms with van der Waals surface area (Å²) in [6.45, 7) is 2.77. The number of rotatable bonds is 3. The van der Waals surface area contributed by atoms with Crippen molar-refractivity contribution in [3.8, 4) is 0 Å². The number of esters is 1. The predicted octanol–water partition coefficient (Wildman–Crippen LogP) is 3.13. The minimum Gasteiger partial charge on any atom is -0.493 e. The van der Waals surface area contributed by atoms with E-state index in [9.17, 15) is 4.79 Å². The quantitative estimate of drug-likeness (QED) is 0.642. The summed E-state index contributed by atoms with van der Waals surface area (Å²) in [5, 5.41) is 1.26. The maximum Gasteiger partial charge on any atom is 0.377 e. The van der Waals surface area contributed by atoms with Gasteiger partial charge in [0.25, 0.3) is 0 Å². The highest BCUT2D eigenvalue weighted by atomic mass is 35.5. The number of fused-ring (bicyclic) bond motifs is 1. The summed E-state index contributed by atoms with van der Waals surface area (Å²) in [5.41, 5.74) is 2.56. The van der Waals surface area contributed by atoms with Crippen LogP contribution < -0.4 is 0 Å². The summed E-state index contributed by atoms with van der Waals surface area (Å²) in [5.74, 6) is -0.522. The lowest BCUT2D eigenvalue weighted by atomic mass is 10.1. The van der Waals surface area contributed by atoms with Gasteiger partial charge in [0.1, 0.15) is 31.2 Å². The van der Waals surface area contributed by atoms with Crippen molar-refractivity contribution in [1.82, 2.24) is 4.98 Å². The lowest BCUT2D eigenvalue weighted by Gasteiger charge is -2.14. The number of hydrogen-bond acceptors (Lipinski definition) is 5. The van der Waals surface area contributed by atoms with Gasteiger partial charge < -0.3 is 14.2 Å². The molecule has 0 spiro atoms. The Hall–Kier alpha value is -2.27. The molecule has 2 aromatic rings. The minimum absolute atomic E-state index is 0.0230. The third-order valence-corrected chi connectivity index (χ3v) is 3.54. The lowest BCUT2D eigenvalue weighted by Crippen LogP contribution is -2.17. The summed E-state index contributed by atoms with van der Waals surface area (Å²) in [7, 11) is 0. The van der Waals surface area contributed by atoms with Crippen LogP contribution in [0, 0.1) is 6.92 Å². The van der Waals surface area contributed by atoms with Gasteiger partial charge in [-0.2, -0.15) is 0 Å². The van der Waals surface area contributed by atoms with E-state index in [2.05, 4.69) is 4.98 Å². The molecule has 3 rings (SSSR count). The number of pyridine rings is 1. The molecule has 0 bridgehead atoms. The highest BCUT2D eigenvalue weighted by Crippen LogP contribution is 2.22. The van der Waals surface area contributed by atoms with Gasteiger partial charge in [-0.3, -0.25) is 0 Å². The summed E-state index contributed by atoms with van der Waals surface area (Å²) in [6.07, 6.45) is 1.26. The predicted molar refractivity (Wildman–Crippen MR) is 81.3 cm³/mol. The Labute approximate surface area is 132 Å². The molecular formula is C16H14ClNO4. The van der Waals surface area contributed by atoms with Crippen LogP contribution in [0.4, 0.5) is 0 Å². The molecule has 1 aliphatic rings. The molecule has 0 radical (unpaired) electrons. The van der Waals surface area contributed by atoms with Crippen molar-refractivity contribution in [2.45, 2.75) is 13.5 Å². The fourth-order valence-corrected chi connectivity index (χ4v) is 2.29. The number of aromatic nitrogens is 1. The molecule has 0 saturated heterocycles. The van der Waals surface area contributed by atoms with Gasteiger partial charge in [-0.25, -0.2) is 9.78 Å². The first kappa shape index (κ1) is 14.7. The molecule has 1 aromatic carbocycles. The molecule has 0 saturated carbocycles. The van der Waals surface area contributed by atoms with Crippen LogP contribution in [0.1, 0.15) is 11.1 Å². The lowest BCUT2D eigenvalue weighted by molar-refractivity contribution is -0.145. The second-order valence-corrected chi connectivity index (χ2v) is 5.27. The van der Waals surface area contributed by atoms with Crippen LogP contribution in [-0.4, -0.2) is 24.2 Å². The third kappa shape index (κ3) is 3.14. The molecule has 6 heteroatoms. The topological polar surface area (TPSA) is 57.7 Å². The van der Waals surface area contributed by atoms with E-state index in [1.807, 2.05) is 31.2 Å². The van der Waals surface area contributed by atoms with Crippen molar-refractivity contribution in [2.75, 3.05) is 13.2 Å². The van der Waals surface area contributed by atoms with Gasteiger partial charge in [0.15, 0.2) is 0 Å². The first-order valence-corrected chi connectivity index (χ1v) is 7.19. The molecule has 0 atom stereocenters. The van der Waals surface area contributed by atoms with Crippen molar-refractivity contribution < 1.29 is 19.0 Å². The van der Waals surface area contributed by atoms with Crippen LogP contribution in [-0.2, 0) is 25.6 Å². The largest absolute Gasteiger partial charge is 0.493 e. The summed E-state index contributed by atoms with van der Waals surface area (Å²) in [6, 6.07) is 7.77. The normalized spacial score (nSPS) is 14.0. The van der Waals surface area contributed by atoms with Crippen LogP contribution in [0.15, 0.2) is 36.3 Å². The second-order valence-electron chi connectivity index (χ2n) is 4.91. The zero-order valence-electron chi connectivity index (χ0n) is 12.0. The van der Waals surface area contributed by atoms with Crippen molar-refractivity contribution >= 4 is 28.5 Å². The number of ether oxygens (including phenoxy) is 3. The summed E-state index contributed by atoms with van der Waals surface area (Å²) in [4.78, 5) is 16.2. The maximum atomic E-state index is 11.8. The molecule has 5 nitrogen and oxygen atoms in total. The fraction of sp³-hybridized carbons (Fsp3) is 0.250. The van der Waals surface area contributed by atoms with E-state index in [-0.39, 0.29) is 12.4 Å². The van der Waals surface area contributed by atoms with Crippen molar-refractivity contribution in [3.05, 3.63) is 52.6 Å². The number of nitrogens with zero attached hydrogens (tertiary/aromatic N) is 1. The van der Waals surface area contributed by atoms with Crippen molar-refractivity contribution in [3.63, 3.8) is 0 Å². The molecule has 0 aliphatic carbocycles. The average Bonchev–Trinajstić information content (AvgIpc) is 2.53. The number of halogens is 1. The number of aryl methyl sites for hydroxylation is 1. The fourth-order valence-electron chi connectivity index (χ4n) is 2.09. The zero-order chi connectivity index (χ0) is 15.5. The minimum atomic E-state index is -0.584. The van der Waals surface area contributed by atoms with Crippen LogP contribution in [0.25, 0.3) is 10.9 Å². The zero-order valence-corrected chi connectivity index (χ0v) is 12.7. The number of carbonyl (C=O) groups is 1. The molecular weight excluding hydrogens is 306 g/mol. The highest BCUT2D eigenvalue weighted by molar-refractivity contribution is 6.30. The Balaban J connectivity index is 1.76. The Morgan fingerprint density at radius 1 is 1.36 bits per heavy atom. The number of hydrogen-bond donors (Lipinski definition) is 0. The van der Waals surface area contributed by atoms with E-state index >= 15 is 0 Å². The monoisotopic (exact) mass is 319 g/mol. The van der Waals surface area contributed by atoms with Gasteiger partial charge in [0.05, 0.1) is 5.52 Å². The van der Waals surface area contributed by atoms with E-state index in [4.69, 9.17) is 25.8 Å². The van der Waals surface area contributed by atoms with Gasteiger partial charge in [-0.1, -0.05) is 23.7 Å². The first-order valence-electron chi connectivity index (χ1n) is 6.81. The molecule has 22 heavy (non-hydrogen) atoms. The van der Waals surface area contributed by atoms with Crippen LogP contribution in [0.2, 0.25) is 5.15 Å².